The summed E-state index contributed by atoms with van der Waals surface area (Å²) in [5, 5.41) is 0. The van der Waals surface area contributed by atoms with E-state index in [1.54, 1.807) is 6.08 Å². The molecule has 1 aromatic rings. The second-order valence-corrected chi connectivity index (χ2v) is 5.81. The van der Waals surface area contributed by atoms with Crippen LogP contribution in [0.1, 0.15) is 0 Å². The SMILES string of the molecule is C=CCN1C(=O)C=C([Se]c2ccccc2)C1=O. The minimum atomic E-state index is -0.234. The summed E-state index contributed by atoms with van der Waals surface area (Å²) in [6, 6.07) is 9.73. The van der Waals surface area contributed by atoms with Gasteiger partial charge in [-0.15, -0.1) is 0 Å². The summed E-state index contributed by atoms with van der Waals surface area (Å²) in [5.41, 5.74) is 0. The van der Waals surface area contributed by atoms with E-state index in [1.807, 2.05) is 30.3 Å². The fraction of sp³-hybridized carbons (Fsp3) is 0.0769. The van der Waals surface area contributed by atoms with Gasteiger partial charge in [-0.2, -0.15) is 0 Å². The van der Waals surface area contributed by atoms with Gasteiger partial charge in [-0.05, 0) is 0 Å². The van der Waals surface area contributed by atoms with Crippen LogP contribution in [0.15, 0.2) is 53.5 Å². The van der Waals surface area contributed by atoms with Gasteiger partial charge in [0.1, 0.15) is 0 Å². The number of rotatable bonds is 4. The van der Waals surface area contributed by atoms with Crippen LogP contribution in [0.2, 0.25) is 0 Å². The molecule has 0 aromatic heterocycles. The van der Waals surface area contributed by atoms with Crippen LogP contribution in [0.3, 0.4) is 0 Å². The zero-order valence-corrected chi connectivity index (χ0v) is 10.8. The Hall–Kier alpha value is -1.64. The van der Waals surface area contributed by atoms with Crippen LogP contribution >= 0.6 is 0 Å². The summed E-state index contributed by atoms with van der Waals surface area (Å²) >= 11 is -0.107. The molecule has 0 saturated carbocycles. The van der Waals surface area contributed by atoms with Crippen molar-refractivity contribution < 1.29 is 9.59 Å². The molecular weight excluding hydrogens is 281 g/mol. The van der Waals surface area contributed by atoms with E-state index in [9.17, 15) is 9.59 Å². The molecule has 1 aliphatic rings. The van der Waals surface area contributed by atoms with Crippen molar-refractivity contribution in [3.05, 3.63) is 53.5 Å². The molecule has 0 saturated heterocycles. The molecule has 2 amide bonds. The van der Waals surface area contributed by atoms with Crippen LogP contribution < -0.4 is 4.46 Å². The first kappa shape index (κ1) is 11.8. The van der Waals surface area contributed by atoms with Gasteiger partial charge in [0, 0.05) is 0 Å². The summed E-state index contributed by atoms with van der Waals surface area (Å²) in [4.78, 5) is 24.7. The Balaban J connectivity index is 2.14. The molecule has 2 rings (SSSR count). The number of imide groups is 1. The molecular formula is C13H11NO2Se. The van der Waals surface area contributed by atoms with Crippen molar-refractivity contribution in [2.75, 3.05) is 6.54 Å². The number of carbonyl (C=O) groups is 2. The first-order valence-electron chi connectivity index (χ1n) is 5.13. The molecule has 1 heterocycles. The molecule has 0 fully saturated rings. The monoisotopic (exact) mass is 293 g/mol. The van der Waals surface area contributed by atoms with Gasteiger partial charge in [-0.25, -0.2) is 0 Å². The third kappa shape index (κ3) is 2.54. The van der Waals surface area contributed by atoms with Gasteiger partial charge in [-0.1, -0.05) is 0 Å². The molecule has 1 aliphatic heterocycles. The van der Waals surface area contributed by atoms with Gasteiger partial charge in [0.05, 0.1) is 0 Å². The third-order valence-electron chi connectivity index (χ3n) is 2.26. The van der Waals surface area contributed by atoms with E-state index in [0.717, 1.165) is 4.46 Å². The molecule has 0 aliphatic carbocycles. The number of nitrogens with zero attached hydrogens (tertiary/aromatic N) is 1. The molecule has 4 heteroatoms. The summed E-state index contributed by atoms with van der Waals surface area (Å²) in [7, 11) is 0. The fourth-order valence-corrected chi connectivity index (χ4v) is 3.37. The van der Waals surface area contributed by atoms with Gasteiger partial charge in [-0.3, -0.25) is 0 Å². The topological polar surface area (TPSA) is 37.4 Å². The molecule has 3 nitrogen and oxygen atoms in total. The van der Waals surface area contributed by atoms with E-state index < -0.39 is 0 Å². The van der Waals surface area contributed by atoms with Gasteiger partial charge in [0.15, 0.2) is 0 Å². The van der Waals surface area contributed by atoms with E-state index in [-0.39, 0.29) is 33.3 Å². The van der Waals surface area contributed by atoms with Crippen molar-refractivity contribution in [1.82, 2.24) is 4.90 Å². The van der Waals surface area contributed by atoms with Gasteiger partial charge in [0.2, 0.25) is 0 Å². The normalized spacial score (nSPS) is 15.1. The first-order valence-corrected chi connectivity index (χ1v) is 6.85. The summed E-state index contributed by atoms with van der Waals surface area (Å²) in [6.45, 7) is 3.82. The Bertz CT molecular complexity index is 493. The Kier molecular flexibility index (Phi) is 3.57. The Labute approximate surface area is 106 Å². The van der Waals surface area contributed by atoms with Crippen molar-refractivity contribution >= 4 is 31.2 Å². The number of carbonyl (C=O) groups excluding carboxylic acids is 2. The molecule has 0 spiro atoms. The van der Waals surface area contributed by atoms with Crippen LogP contribution in [0, 0.1) is 0 Å². The number of benzene rings is 1. The number of hydrogen-bond donors (Lipinski definition) is 0. The molecule has 17 heavy (non-hydrogen) atoms. The zero-order valence-electron chi connectivity index (χ0n) is 9.13. The van der Waals surface area contributed by atoms with Crippen molar-refractivity contribution in [2.45, 2.75) is 0 Å². The Morgan fingerprint density at radius 2 is 1.94 bits per heavy atom. The quantitative estimate of drug-likeness (QED) is 0.459. The molecule has 0 unspecified atom stereocenters. The van der Waals surface area contributed by atoms with Crippen LogP contribution in [0.4, 0.5) is 0 Å². The van der Waals surface area contributed by atoms with Gasteiger partial charge >= 0.3 is 106 Å². The predicted octanol–water partition coefficient (Wildman–Crippen LogP) is 0.455. The number of hydrogen-bond acceptors (Lipinski definition) is 2. The van der Waals surface area contributed by atoms with Crippen LogP contribution in [-0.4, -0.2) is 38.2 Å². The van der Waals surface area contributed by atoms with E-state index in [2.05, 4.69) is 6.58 Å². The zero-order chi connectivity index (χ0) is 12.3. The van der Waals surface area contributed by atoms with E-state index in [1.165, 1.54) is 11.0 Å². The van der Waals surface area contributed by atoms with E-state index in [4.69, 9.17) is 0 Å². The van der Waals surface area contributed by atoms with Gasteiger partial charge in [0.25, 0.3) is 0 Å². The molecule has 86 valence electrons. The number of amides is 2. The van der Waals surface area contributed by atoms with Crippen LogP contribution in [0.5, 0.6) is 0 Å². The molecule has 0 radical (unpaired) electrons. The average molecular weight is 292 g/mol. The van der Waals surface area contributed by atoms with Crippen LogP contribution in [0.25, 0.3) is 0 Å². The van der Waals surface area contributed by atoms with Crippen molar-refractivity contribution in [3.63, 3.8) is 0 Å². The first-order chi connectivity index (χ1) is 8.22. The van der Waals surface area contributed by atoms with Crippen molar-refractivity contribution in [1.29, 1.82) is 0 Å². The minimum absolute atomic E-state index is 0.107. The second kappa shape index (κ2) is 5.13. The van der Waals surface area contributed by atoms with Crippen LogP contribution in [-0.2, 0) is 9.59 Å². The predicted molar refractivity (Wildman–Crippen MR) is 66.8 cm³/mol. The molecule has 0 atom stereocenters. The Morgan fingerprint density at radius 1 is 1.24 bits per heavy atom. The van der Waals surface area contributed by atoms with Gasteiger partial charge < -0.3 is 0 Å². The summed E-state index contributed by atoms with van der Waals surface area (Å²) in [6.07, 6.45) is 3.00. The average Bonchev–Trinajstić information content (AvgIpc) is 2.59. The summed E-state index contributed by atoms with van der Waals surface area (Å²) in [5.74, 6) is -0.415. The second-order valence-electron chi connectivity index (χ2n) is 3.47. The third-order valence-corrected chi connectivity index (χ3v) is 4.40. The maximum absolute atomic E-state index is 11.9. The summed E-state index contributed by atoms with van der Waals surface area (Å²) < 4.78 is 1.70. The fourth-order valence-electron chi connectivity index (χ4n) is 1.48. The van der Waals surface area contributed by atoms with Crippen molar-refractivity contribution in [2.24, 2.45) is 0 Å². The maximum atomic E-state index is 11.9. The molecule has 1 aromatic carbocycles. The standard InChI is InChI=1S/C13H11NO2Se/c1-2-8-14-12(15)9-11(13(14)16)17-10-6-4-3-5-7-10/h2-7,9H,1,8H2. The van der Waals surface area contributed by atoms with E-state index in [0.29, 0.717) is 4.47 Å². The molecule has 0 N–H and O–H groups in total. The molecule has 0 bridgehead atoms. The van der Waals surface area contributed by atoms with E-state index >= 15 is 0 Å². The van der Waals surface area contributed by atoms with Crippen molar-refractivity contribution in [3.8, 4) is 0 Å². The Morgan fingerprint density at radius 3 is 2.59 bits per heavy atom.